The summed E-state index contributed by atoms with van der Waals surface area (Å²) in [6, 6.07) is 109. The number of anilines is 6. The van der Waals surface area contributed by atoms with Crippen LogP contribution < -0.4 is 26.2 Å². The van der Waals surface area contributed by atoms with E-state index in [0.717, 1.165) is 94.8 Å². The Bertz CT molecular complexity index is 5060. The zero-order valence-corrected chi connectivity index (χ0v) is 47.6. The van der Waals surface area contributed by atoms with Gasteiger partial charge in [0.1, 0.15) is 0 Å². The quantitative estimate of drug-likeness (QED) is 0.126. The van der Waals surface area contributed by atoms with Crippen molar-refractivity contribution in [3.8, 4) is 84.9 Å². The van der Waals surface area contributed by atoms with Gasteiger partial charge in [-0.3, -0.25) is 0 Å². The molecular weight excluding hydrogens is 1070 g/mol. The van der Waals surface area contributed by atoms with Gasteiger partial charge in [-0.05, 0) is 112 Å². The van der Waals surface area contributed by atoms with E-state index in [-0.39, 0.29) is 6.71 Å². The Morgan fingerprint density at radius 3 is 1.26 bits per heavy atom. The minimum Gasteiger partial charge on any atom is -0.311 e. The molecule has 0 saturated carbocycles. The molecule has 0 unspecified atom stereocenters. The van der Waals surface area contributed by atoms with Gasteiger partial charge in [-0.2, -0.15) is 0 Å². The number of benzene rings is 12. The summed E-state index contributed by atoms with van der Waals surface area (Å²) >= 11 is 0. The average molecular weight is 1120 g/mol. The highest BCUT2D eigenvalue weighted by Gasteiger charge is 2.43. The van der Waals surface area contributed by atoms with Crippen LogP contribution in [0.2, 0.25) is 0 Å². The van der Waals surface area contributed by atoms with Crippen molar-refractivity contribution in [2.75, 3.05) is 9.80 Å². The van der Waals surface area contributed by atoms with Crippen LogP contribution in [0.5, 0.6) is 0 Å². The van der Waals surface area contributed by atoms with Crippen LogP contribution in [0.4, 0.5) is 34.1 Å². The number of fused-ring (bicyclic) bond motifs is 7. The zero-order chi connectivity index (χ0) is 58.1. The van der Waals surface area contributed by atoms with Gasteiger partial charge in [0.2, 0.25) is 0 Å². The zero-order valence-electron chi connectivity index (χ0n) is 47.6. The molecule has 0 amide bonds. The summed E-state index contributed by atoms with van der Waals surface area (Å²) in [4.78, 5) is 31.4. The van der Waals surface area contributed by atoms with E-state index < -0.39 is 0 Å². The van der Waals surface area contributed by atoms with E-state index in [4.69, 9.17) is 24.9 Å². The lowest BCUT2D eigenvalue weighted by Crippen LogP contribution is -2.61. The number of aromatic nitrogens is 6. The third-order valence-corrected chi connectivity index (χ3v) is 17.3. The molecular formula is C79H51BN8. The van der Waals surface area contributed by atoms with Gasteiger partial charge in [-0.1, -0.05) is 224 Å². The summed E-state index contributed by atoms with van der Waals surface area (Å²) < 4.78 is 2.34. The van der Waals surface area contributed by atoms with Crippen molar-refractivity contribution >= 4 is 79.0 Å². The maximum absolute atomic E-state index is 5.59. The Hall–Kier alpha value is -11.8. The second-order valence-corrected chi connectivity index (χ2v) is 22.4. The van der Waals surface area contributed by atoms with Gasteiger partial charge in [0, 0.05) is 78.3 Å². The number of hydrogen-bond donors (Lipinski definition) is 0. The Labute approximate surface area is 509 Å². The van der Waals surface area contributed by atoms with E-state index in [0.29, 0.717) is 23.3 Å². The molecule has 2 aliphatic heterocycles. The molecule has 0 aliphatic carbocycles. The number of para-hydroxylation sites is 5. The van der Waals surface area contributed by atoms with Crippen LogP contribution in [0.1, 0.15) is 0 Å². The summed E-state index contributed by atoms with van der Waals surface area (Å²) in [6.45, 7) is 0.0659. The molecule has 0 spiro atoms. The van der Waals surface area contributed by atoms with Crippen LogP contribution in [-0.4, -0.2) is 36.2 Å². The van der Waals surface area contributed by atoms with E-state index in [1.165, 1.54) is 39.1 Å². The predicted molar refractivity (Wildman–Crippen MR) is 362 cm³/mol. The molecule has 0 N–H and O–H groups in total. The van der Waals surface area contributed by atoms with Gasteiger partial charge in [-0.25, -0.2) is 24.9 Å². The van der Waals surface area contributed by atoms with Gasteiger partial charge < -0.3 is 14.4 Å². The molecule has 8 nitrogen and oxygen atoms in total. The topological polar surface area (TPSA) is 75.9 Å². The molecule has 0 bridgehead atoms. The molecule has 88 heavy (non-hydrogen) atoms. The molecule has 17 rings (SSSR count). The highest BCUT2D eigenvalue weighted by molar-refractivity contribution is 7.00. The molecule has 0 atom stereocenters. The second-order valence-electron chi connectivity index (χ2n) is 22.4. The Balaban J connectivity index is 0.802. The monoisotopic (exact) mass is 1120 g/mol. The molecule has 0 radical (unpaired) electrons. The summed E-state index contributed by atoms with van der Waals surface area (Å²) in [5.41, 5.74) is 23.1. The molecule has 2 aliphatic rings. The molecule has 5 heterocycles. The number of hydrogen-bond acceptors (Lipinski definition) is 7. The molecule has 15 aromatic rings. The summed E-state index contributed by atoms with van der Waals surface area (Å²) in [5.74, 6) is 2.28. The van der Waals surface area contributed by atoms with E-state index in [9.17, 15) is 0 Å². The van der Waals surface area contributed by atoms with Crippen molar-refractivity contribution in [1.82, 2.24) is 29.5 Å². The lowest BCUT2D eigenvalue weighted by Gasteiger charge is -2.44. The standard InChI is InChI=1S/C79H51BN8/c1-5-23-53(24-6-1)66-51-67(54-45-43-52(44-46-54)57-29-21-32-60(49-57)87-72-40-20-16-36-65(72)80-64-35-15-19-39-71(64)86(59-30-11-4-12-31-59)73-41-22-42-74(87)75(73)80)82-79(81-66)63-50-58(47-48-70(63)88-68-37-17-13-33-61(68)62-34-14-18-38-69(62)88)78-84-76(55-25-7-2-8-26-55)83-77(85-78)56-27-9-3-10-28-56/h1-51H. The minimum atomic E-state index is 0.0659. The van der Waals surface area contributed by atoms with Crippen LogP contribution in [0.25, 0.3) is 107 Å². The lowest BCUT2D eigenvalue weighted by atomic mass is 9.33. The number of rotatable bonds is 10. The SMILES string of the molecule is c1ccc(-c2cc(-c3ccc(-c4cccc(N5c6ccccc6B6c7ccccc7N(c7ccccc7)c7cccc5c76)c4)cc3)nc(-c3cc(-c4nc(-c5ccccc5)nc(-c5ccccc5)n4)ccc3-n3c4ccccc4c4ccccc43)n2)cc1. The molecule has 410 valence electrons. The Kier molecular flexibility index (Phi) is 12.1. The first kappa shape index (κ1) is 50.7. The number of nitrogens with zero attached hydrogens (tertiary/aromatic N) is 8. The maximum Gasteiger partial charge on any atom is 0.252 e. The molecule has 0 saturated heterocycles. The average Bonchev–Trinajstić information content (AvgIpc) is 0.889. The highest BCUT2D eigenvalue weighted by atomic mass is 15.2. The fourth-order valence-corrected chi connectivity index (χ4v) is 13.3. The van der Waals surface area contributed by atoms with Gasteiger partial charge in [-0.15, -0.1) is 0 Å². The first-order valence-corrected chi connectivity index (χ1v) is 29.8. The van der Waals surface area contributed by atoms with Crippen molar-refractivity contribution < 1.29 is 0 Å². The van der Waals surface area contributed by atoms with Gasteiger partial charge in [0.25, 0.3) is 6.71 Å². The third kappa shape index (κ3) is 8.58. The molecule has 3 aromatic heterocycles. The van der Waals surface area contributed by atoms with E-state index >= 15 is 0 Å². The molecule has 0 fully saturated rings. The van der Waals surface area contributed by atoms with Crippen molar-refractivity contribution in [3.05, 3.63) is 309 Å². The van der Waals surface area contributed by atoms with Crippen LogP contribution in [-0.2, 0) is 0 Å². The smallest absolute Gasteiger partial charge is 0.252 e. The van der Waals surface area contributed by atoms with Crippen LogP contribution in [0, 0.1) is 0 Å². The highest BCUT2D eigenvalue weighted by Crippen LogP contribution is 2.45. The van der Waals surface area contributed by atoms with Gasteiger partial charge in [0.05, 0.1) is 28.1 Å². The van der Waals surface area contributed by atoms with E-state index in [2.05, 4.69) is 257 Å². The molecule has 9 heteroatoms. The van der Waals surface area contributed by atoms with Crippen LogP contribution in [0.15, 0.2) is 309 Å². The largest absolute Gasteiger partial charge is 0.311 e. The van der Waals surface area contributed by atoms with Gasteiger partial charge in [0.15, 0.2) is 23.3 Å². The van der Waals surface area contributed by atoms with Crippen molar-refractivity contribution in [2.24, 2.45) is 0 Å². The van der Waals surface area contributed by atoms with Gasteiger partial charge >= 0.3 is 0 Å². The first-order chi connectivity index (χ1) is 43.6. The van der Waals surface area contributed by atoms with Crippen LogP contribution in [0.3, 0.4) is 0 Å². The fraction of sp³-hybridized carbons (Fsp3) is 0. The normalized spacial score (nSPS) is 12.2. The van der Waals surface area contributed by atoms with E-state index in [1.54, 1.807) is 0 Å². The predicted octanol–water partition coefficient (Wildman–Crippen LogP) is 17.5. The summed E-state index contributed by atoms with van der Waals surface area (Å²) in [7, 11) is 0. The third-order valence-electron chi connectivity index (χ3n) is 17.3. The lowest BCUT2D eigenvalue weighted by molar-refractivity contribution is 1.07. The molecule has 12 aromatic carbocycles. The summed E-state index contributed by atoms with van der Waals surface area (Å²) in [6.07, 6.45) is 0. The van der Waals surface area contributed by atoms with Crippen molar-refractivity contribution in [2.45, 2.75) is 0 Å². The van der Waals surface area contributed by atoms with Crippen molar-refractivity contribution in [1.29, 1.82) is 0 Å². The van der Waals surface area contributed by atoms with E-state index in [1.807, 2.05) is 66.7 Å². The fourth-order valence-electron chi connectivity index (χ4n) is 13.3. The summed E-state index contributed by atoms with van der Waals surface area (Å²) in [5, 5.41) is 2.32. The Morgan fingerprint density at radius 2 is 0.670 bits per heavy atom. The first-order valence-electron chi connectivity index (χ1n) is 29.8. The second kappa shape index (κ2) is 21.1. The van der Waals surface area contributed by atoms with Crippen LogP contribution >= 0.6 is 0 Å². The van der Waals surface area contributed by atoms with Crippen molar-refractivity contribution in [3.63, 3.8) is 0 Å². The minimum absolute atomic E-state index is 0.0659. The Morgan fingerprint density at radius 1 is 0.250 bits per heavy atom. The maximum atomic E-state index is 5.59.